The highest BCUT2D eigenvalue weighted by molar-refractivity contribution is 5.96. The molecule has 0 spiro atoms. The van der Waals surface area contributed by atoms with Gasteiger partial charge in [-0.25, -0.2) is 0 Å². The highest BCUT2D eigenvalue weighted by Crippen LogP contribution is 2.33. The Morgan fingerprint density at radius 3 is 2.50 bits per heavy atom. The van der Waals surface area contributed by atoms with Crippen LogP contribution in [0.2, 0.25) is 0 Å². The van der Waals surface area contributed by atoms with Gasteiger partial charge in [0.1, 0.15) is 6.54 Å². The first-order chi connectivity index (χ1) is 12.6. The summed E-state index contributed by atoms with van der Waals surface area (Å²) in [4.78, 5) is 38.9. The Labute approximate surface area is 153 Å². The van der Waals surface area contributed by atoms with Crippen molar-refractivity contribution in [3.63, 3.8) is 0 Å². The standard InChI is InChI=1S/C18H27N5O3/c1-19-16(24)12-23-11-13(10-20-23)21-17(25)14-6-2-3-7-15(14)18(26)22-8-4-5-9-22/h10-11,14-15H,2-9,12H2,1H3,(H,19,24)(H,21,25)/t14-,15+/m0/s1. The summed E-state index contributed by atoms with van der Waals surface area (Å²) in [6.45, 7) is 1.73. The molecule has 1 aromatic rings. The van der Waals surface area contributed by atoms with E-state index in [-0.39, 0.29) is 36.1 Å². The van der Waals surface area contributed by atoms with Crippen molar-refractivity contribution in [2.24, 2.45) is 11.8 Å². The molecule has 2 N–H and O–H groups in total. The van der Waals surface area contributed by atoms with Gasteiger partial charge in [0, 0.05) is 38.2 Å². The van der Waals surface area contributed by atoms with Gasteiger partial charge in [0.2, 0.25) is 17.7 Å². The molecular weight excluding hydrogens is 334 g/mol. The summed E-state index contributed by atoms with van der Waals surface area (Å²) in [6, 6.07) is 0. The molecule has 0 unspecified atom stereocenters. The second-order valence-corrected chi connectivity index (χ2v) is 7.12. The largest absolute Gasteiger partial charge is 0.358 e. The highest BCUT2D eigenvalue weighted by Gasteiger charge is 2.38. The number of carbonyl (C=O) groups is 3. The molecule has 1 aromatic heterocycles. The number of rotatable bonds is 5. The molecule has 2 heterocycles. The molecule has 8 heteroatoms. The summed E-state index contributed by atoms with van der Waals surface area (Å²) in [5, 5.41) is 9.49. The third-order valence-corrected chi connectivity index (χ3v) is 5.32. The van der Waals surface area contributed by atoms with Crippen molar-refractivity contribution in [2.45, 2.75) is 45.1 Å². The van der Waals surface area contributed by atoms with Gasteiger partial charge < -0.3 is 15.5 Å². The molecular formula is C18H27N5O3. The van der Waals surface area contributed by atoms with Gasteiger partial charge in [-0.15, -0.1) is 0 Å². The number of amides is 3. The average molecular weight is 361 g/mol. The number of nitrogens with one attached hydrogen (secondary N) is 2. The van der Waals surface area contributed by atoms with E-state index in [0.717, 1.165) is 51.6 Å². The van der Waals surface area contributed by atoms with Crippen LogP contribution < -0.4 is 10.6 Å². The summed E-state index contributed by atoms with van der Waals surface area (Å²) in [6.07, 6.45) is 8.76. The lowest BCUT2D eigenvalue weighted by Gasteiger charge is -2.32. The van der Waals surface area contributed by atoms with Crippen LogP contribution in [0.4, 0.5) is 5.69 Å². The Kier molecular flexibility index (Phi) is 5.90. The van der Waals surface area contributed by atoms with E-state index in [4.69, 9.17) is 0 Å². The zero-order valence-electron chi connectivity index (χ0n) is 15.2. The van der Waals surface area contributed by atoms with Gasteiger partial charge in [0.15, 0.2) is 0 Å². The molecule has 2 atom stereocenters. The lowest BCUT2D eigenvalue weighted by Crippen LogP contribution is -2.42. The normalized spacial score (nSPS) is 22.9. The Bertz CT molecular complexity index is 666. The number of carbonyl (C=O) groups excluding carboxylic acids is 3. The van der Waals surface area contributed by atoms with Crippen LogP contribution in [0.25, 0.3) is 0 Å². The number of likely N-dealkylation sites (tertiary alicyclic amines) is 1. The maximum absolute atomic E-state index is 12.8. The molecule has 3 amide bonds. The third kappa shape index (κ3) is 4.23. The van der Waals surface area contributed by atoms with Crippen molar-refractivity contribution in [1.82, 2.24) is 20.0 Å². The fourth-order valence-corrected chi connectivity index (χ4v) is 3.89. The van der Waals surface area contributed by atoms with Crippen LogP contribution in [-0.4, -0.2) is 52.5 Å². The van der Waals surface area contributed by atoms with Crippen LogP contribution >= 0.6 is 0 Å². The lowest BCUT2D eigenvalue weighted by atomic mass is 9.78. The zero-order chi connectivity index (χ0) is 18.5. The maximum atomic E-state index is 12.8. The minimum absolute atomic E-state index is 0.103. The smallest absolute Gasteiger partial charge is 0.241 e. The summed E-state index contributed by atoms with van der Waals surface area (Å²) >= 11 is 0. The molecule has 26 heavy (non-hydrogen) atoms. The van der Waals surface area contributed by atoms with Crippen LogP contribution in [0.15, 0.2) is 12.4 Å². The average Bonchev–Trinajstić information content (AvgIpc) is 3.33. The molecule has 8 nitrogen and oxygen atoms in total. The van der Waals surface area contributed by atoms with E-state index in [2.05, 4.69) is 15.7 Å². The molecule has 3 rings (SSSR count). The summed E-state index contributed by atoms with van der Waals surface area (Å²) in [5.74, 6) is -0.657. The number of likely N-dealkylation sites (N-methyl/N-ethyl adjacent to an activating group) is 1. The Hall–Kier alpha value is -2.38. The van der Waals surface area contributed by atoms with Gasteiger partial charge in [0.05, 0.1) is 11.9 Å². The van der Waals surface area contributed by atoms with Crippen molar-refractivity contribution >= 4 is 23.4 Å². The summed E-state index contributed by atoms with van der Waals surface area (Å²) < 4.78 is 1.47. The second kappa shape index (κ2) is 8.33. The SMILES string of the molecule is CNC(=O)Cn1cc(NC(=O)[C@H]2CCCC[C@H]2C(=O)N2CCCC2)cn1. The topological polar surface area (TPSA) is 96.3 Å². The van der Waals surface area contributed by atoms with Crippen molar-refractivity contribution in [2.75, 3.05) is 25.5 Å². The predicted molar refractivity (Wildman–Crippen MR) is 96.2 cm³/mol. The molecule has 1 saturated heterocycles. The van der Waals surface area contributed by atoms with Crippen molar-refractivity contribution in [3.05, 3.63) is 12.4 Å². The Morgan fingerprint density at radius 2 is 1.81 bits per heavy atom. The maximum Gasteiger partial charge on any atom is 0.241 e. The van der Waals surface area contributed by atoms with Crippen LogP contribution in [0.5, 0.6) is 0 Å². The molecule has 2 aliphatic rings. The quantitative estimate of drug-likeness (QED) is 0.818. The first-order valence-electron chi connectivity index (χ1n) is 9.41. The molecule has 1 aliphatic heterocycles. The van der Waals surface area contributed by atoms with E-state index in [1.807, 2.05) is 4.90 Å². The number of nitrogens with zero attached hydrogens (tertiary/aromatic N) is 3. The minimum atomic E-state index is -0.292. The van der Waals surface area contributed by atoms with E-state index >= 15 is 0 Å². The first-order valence-corrected chi connectivity index (χ1v) is 9.41. The lowest BCUT2D eigenvalue weighted by molar-refractivity contribution is -0.141. The number of aromatic nitrogens is 2. The fraction of sp³-hybridized carbons (Fsp3) is 0.667. The third-order valence-electron chi connectivity index (χ3n) is 5.32. The Balaban J connectivity index is 1.63. The molecule has 142 valence electrons. The van der Waals surface area contributed by atoms with Gasteiger partial charge in [-0.2, -0.15) is 5.10 Å². The monoisotopic (exact) mass is 361 g/mol. The Morgan fingerprint density at radius 1 is 1.12 bits per heavy atom. The van der Waals surface area contributed by atoms with Crippen LogP contribution in [0.1, 0.15) is 38.5 Å². The molecule has 1 saturated carbocycles. The van der Waals surface area contributed by atoms with Gasteiger partial charge in [-0.3, -0.25) is 19.1 Å². The van der Waals surface area contributed by atoms with E-state index in [0.29, 0.717) is 5.69 Å². The van der Waals surface area contributed by atoms with Crippen molar-refractivity contribution in [1.29, 1.82) is 0 Å². The first kappa shape index (κ1) is 18.4. The summed E-state index contributed by atoms with van der Waals surface area (Å²) in [5.41, 5.74) is 0.553. The van der Waals surface area contributed by atoms with Gasteiger partial charge in [0.25, 0.3) is 0 Å². The van der Waals surface area contributed by atoms with Gasteiger partial charge in [-0.1, -0.05) is 12.8 Å². The molecule has 1 aliphatic carbocycles. The number of hydrogen-bond donors (Lipinski definition) is 2. The minimum Gasteiger partial charge on any atom is -0.358 e. The number of anilines is 1. The van der Waals surface area contributed by atoms with E-state index in [9.17, 15) is 14.4 Å². The number of hydrogen-bond acceptors (Lipinski definition) is 4. The van der Waals surface area contributed by atoms with Crippen LogP contribution in [-0.2, 0) is 20.9 Å². The second-order valence-electron chi connectivity index (χ2n) is 7.12. The van der Waals surface area contributed by atoms with E-state index in [1.54, 1.807) is 13.2 Å². The molecule has 0 radical (unpaired) electrons. The fourth-order valence-electron chi connectivity index (χ4n) is 3.89. The van der Waals surface area contributed by atoms with Crippen molar-refractivity contribution in [3.8, 4) is 0 Å². The van der Waals surface area contributed by atoms with E-state index < -0.39 is 0 Å². The van der Waals surface area contributed by atoms with Crippen LogP contribution in [0, 0.1) is 11.8 Å². The van der Waals surface area contributed by atoms with Crippen molar-refractivity contribution < 1.29 is 14.4 Å². The molecule has 0 aromatic carbocycles. The molecule has 2 fully saturated rings. The summed E-state index contributed by atoms with van der Waals surface area (Å²) in [7, 11) is 1.56. The van der Waals surface area contributed by atoms with Gasteiger partial charge in [-0.05, 0) is 25.7 Å². The predicted octanol–water partition coefficient (Wildman–Crippen LogP) is 0.996. The highest BCUT2D eigenvalue weighted by atomic mass is 16.2. The zero-order valence-corrected chi connectivity index (χ0v) is 15.2. The van der Waals surface area contributed by atoms with E-state index in [1.165, 1.54) is 10.9 Å². The molecule has 0 bridgehead atoms. The van der Waals surface area contributed by atoms with Crippen LogP contribution in [0.3, 0.4) is 0 Å². The van der Waals surface area contributed by atoms with Gasteiger partial charge >= 0.3 is 0 Å².